The SMILES string of the molecule is CCN(C)C=Nc1cc(Br)c(CCCCCc2ccc(OC)cc2)nc1C. The number of halogens is 1. The fraction of sp³-hybridized carbons (Fsp3) is 0.455. The maximum atomic E-state index is 5.20. The lowest BCUT2D eigenvalue weighted by atomic mass is 10.0. The van der Waals surface area contributed by atoms with Crippen LogP contribution in [0.3, 0.4) is 0 Å². The Bertz CT molecular complexity index is 744. The lowest BCUT2D eigenvalue weighted by Gasteiger charge is -2.10. The summed E-state index contributed by atoms with van der Waals surface area (Å²) in [5.41, 5.74) is 4.39. The van der Waals surface area contributed by atoms with Crippen molar-refractivity contribution in [3.8, 4) is 5.75 Å². The summed E-state index contributed by atoms with van der Waals surface area (Å²) in [6.45, 7) is 5.06. The van der Waals surface area contributed by atoms with E-state index in [4.69, 9.17) is 9.72 Å². The highest BCUT2D eigenvalue weighted by Gasteiger charge is 2.07. The van der Waals surface area contributed by atoms with Crippen LogP contribution in [0.25, 0.3) is 0 Å². The number of methoxy groups -OCH3 is 1. The van der Waals surface area contributed by atoms with E-state index in [-0.39, 0.29) is 0 Å². The van der Waals surface area contributed by atoms with Crippen LogP contribution in [0.4, 0.5) is 5.69 Å². The Labute approximate surface area is 171 Å². The predicted octanol–water partition coefficient (Wildman–Crippen LogP) is 5.73. The minimum atomic E-state index is 0.916. The number of aryl methyl sites for hydroxylation is 3. The lowest BCUT2D eigenvalue weighted by Crippen LogP contribution is -2.14. The van der Waals surface area contributed by atoms with E-state index in [0.717, 1.165) is 53.1 Å². The van der Waals surface area contributed by atoms with Crippen LogP contribution >= 0.6 is 15.9 Å². The van der Waals surface area contributed by atoms with Crippen molar-refractivity contribution in [3.05, 3.63) is 51.8 Å². The van der Waals surface area contributed by atoms with E-state index in [1.165, 1.54) is 18.4 Å². The molecule has 0 saturated heterocycles. The van der Waals surface area contributed by atoms with E-state index in [0.29, 0.717) is 0 Å². The molecule has 0 radical (unpaired) electrons. The average molecular weight is 432 g/mol. The van der Waals surface area contributed by atoms with Crippen molar-refractivity contribution in [2.24, 2.45) is 4.99 Å². The van der Waals surface area contributed by atoms with Crippen LogP contribution in [-0.2, 0) is 12.8 Å². The molecule has 0 aliphatic carbocycles. The number of benzene rings is 1. The molecule has 0 aliphatic rings. The van der Waals surface area contributed by atoms with Gasteiger partial charge in [0.25, 0.3) is 0 Å². The summed E-state index contributed by atoms with van der Waals surface area (Å²) in [5.74, 6) is 0.916. The van der Waals surface area contributed by atoms with Gasteiger partial charge in [-0.2, -0.15) is 0 Å². The number of hydrogen-bond acceptors (Lipinski definition) is 3. The molecule has 0 fully saturated rings. The molecule has 0 saturated carbocycles. The van der Waals surface area contributed by atoms with Gasteiger partial charge < -0.3 is 9.64 Å². The van der Waals surface area contributed by atoms with Gasteiger partial charge in [-0.3, -0.25) is 4.98 Å². The third-order valence-electron chi connectivity index (χ3n) is 4.64. The van der Waals surface area contributed by atoms with Gasteiger partial charge in [-0.1, -0.05) is 18.6 Å². The number of unbranched alkanes of at least 4 members (excludes halogenated alkanes) is 2. The van der Waals surface area contributed by atoms with Gasteiger partial charge in [-0.25, -0.2) is 4.99 Å². The maximum Gasteiger partial charge on any atom is 0.118 e. The quantitative estimate of drug-likeness (QED) is 0.273. The first kappa shape index (κ1) is 21.4. The van der Waals surface area contributed by atoms with Crippen LogP contribution in [0.15, 0.2) is 39.8 Å². The van der Waals surface area contributed by atoms with Crippen LogP contribution in [0.2, 0.25) is 0 Å². The zero-order valence-electron chi connectivity index (χ0n) is 16.8. The number of ether oxygens (including phenoxy) is 1. The minimum absolute atomic E-state index is 0.916. The second kappa shape index (κ2) is 11.1. The molecule has 5 heteroatoms. The molecule has 0 amide bonds. The van der Waals surface area contributed by atoms with Crippen LogP contribution in [0, 0.1) is 6.92 Å². The van der Waals surface area contributed by atoms with E-state index in [1.807, 2.05) is 37.3 Å². The highest BCUT2D eigenvalue weighted by Crippen LogP contribution is 2.26. The van der Waals surface area contributed by atoms with Crippen LogP contribution in [0.5, 0.6) is 5.75 Å². The number of pyridine rings is 1. The maximum absolute atomic E-state index is 5.20. The van der Waals surface area contributed by atoms with Crippen LogP contribution < -0.4 is 4.74 Å². The van der Waals surface area contributed by atoms with Crippen molar-refractivity contribution in [1.82, 2.24) is 9.88 Å². The number of nitrogens with zero attached hydrogens (tertiary/aromatic N) is 3. The van der Waals surface area contributed by atoms with Crippen LogP contribution in [0.1, 0.15) is 43.1 Å². The van der Waals surface area contributed by atoms with E-state index >= 15 is 0 Å². The third-order valence-corrected chi connectivity index (χ3v) is 5.33. The summed E-state index contributed by atoms with van der Waals surface area (Å²) in [6.07, 6.45) is 7.48. The van der Waals surface area contributed by atoms with Gasteiger partial charge in [0, 0.05) is 18.1 Å². The molecule has 1 aromatic carbocycles. The summed E-state index contributed by atoms with van der Waals surface area (Å²) in [6, 6.07) is 10.4. The smallest absolute Gasteiger partial charge is 0.118 e. The average Bonchev–Trinajstić information content (AvgIpc) is 2.69. The molecule has 0 aliphatic heterocycles. The molecule has 0 N–H and O–H groups in total. The Kier molecular flexibility index (Phi) is 8.79. The van der Waals surface area contributed by atoms with Crippen molar-refractivity contribution in [1.29, 1.82) is 0 Å². The highest BCUT2D eigenvalue weighted by atomic mass is 79.9. The topological polar surface area (TPSA) is 37.7 Å². The highest BCUT2D eigenvalue weighted by molar-refractivity contribution is 9.10. The van der Waals surface area contributed by atoms with E-state index in [2.05, 4.69) is 46.0 Å². The largest absolute Gasteiger partial charge is 0.497 e. The van der Waals surface area contributed by atoms with Gasteiger partial charge in [-0.15, -0.1) is 0 Å². The number of aliphatic imine (C=N–C) groups is 1. The van der Waals surface area contributed by atoms with Gasteiger partial charge >= 0.3 is 0 Å². The molecule has 27 heavy (non-hydrogen) atoms. The first-order valence-electron chi connectivity index (χ1n) is 9.56. The molecular formula is C22H30BrN3O. The summed E-state index contributed by atoms with van der Waals surface area (Å²) in [7, 11) is 3.72. The molecule has 4 nitrogen and oxygen atoms in total. The van der Waals surface area contributed by atoms with Crippen molar-refractivity contribution < 1.29 is 4.74 Å². The fourth-order valence-corrected chi connectivity index (χ4v) is 3.26. The Morgan fingerprint density at radius 1 is 1.15 bits per heavy atom. The second-order valence-corrected chi connectivity index (χ2v) is 7.60. The van der Waals surface area contributed by atoms with Gasteiger partial charge in [0.1, 0.15) is 5.75 Å². The van der Waals surface area contributed by atoms with E-state index in [1.54, 1.807) is 7.11 Å². The first-order valence-corrected chi connectivity index (χ1v) is 10.4. The number of aromatic nitrogens is 1. The summed E-state index contributed by atoms with van der Waals surface area (Å²) < 4.78 is 6.25. The monoisotopic (exact) mass is 431 g/mol. The molecule has 146 valence electrons. The van der Waals surface area contributed by atoms with Gasteiger partial charge in [0.15, 0.2) is 0 Å². The summed E-state index contributed by atoms with van der Waals surface area (Å²) in [5, 5.41) is 0. The Hall–Kier alpha value is -1.88. The molecule has 0 spiro atoms. The molecule has 0 atom stereocenters. The van der Waals surface area contributed by atoms with Gasteiger partial charge in [-0.05, 0) is 79.2 Å². The van der Waals surface area contributed by atoms with Gasteiger partial charge in [0.2, 0.25) is 0 Å². The number of hydrogen-bond donors (Lipinski definition) is 0. The van der Waals surface area contributed by atoms with Crippen molar-refractivity contribution in [2.45, 2.75) is 46.0 Å². The Morgan fingerprint density at radius 2 is 1.85 bits per heavy atom. The van der Waals surface area contributed by atoms with Gasteiger partial charge in [0.05, 0.1) is 30.5 Å². The summed E-state index contributed by atoms with van der Waals surface area (Å²) >= 11 is 3.66. The molecule has 2 aromatic rings. The minimum Gasteiger partial charge on any atom is -0.497 e. The van der Waals surface area contributed by atoms with Crippen molar-refractivity contribution in [2.75, 3.05) is 20.7 Å². The molecule has 0 unspecified atom stereocenters. The zero-order chi connectivity index (χ0) is 19.6. The normalized spacial score (nSPS) is 11.1. The standard InChI is InChI=1S/C22H30BrN3O/c1-5-26(3)16-24-22-15-20(23)21(25-17(22)2)10-8-6-7-9-18-11-13-19(27-4)14-12-18/h11-16H,5-10H2,1-4H3. The zero-order valence-corrected chi connectivity index (χ0v) is 18.4. The van der Waals surface area contributed by atoms with Crippen LogP contribution in [-0.4, -0.2) is 36.9 Å². The van der Waals surface area contributed by atoms with E-state index in [9.17, 15) is 0 Å². The van der Waals surface area contributed by atoms with E-state index < -0.39 is 0 Å². The van der Waals surface area contributed by atoms with Crippen molar-refractivity contribution >= 4 is 28.0 Å². The first-order chi connectivity index (χ1) is 13.0. The molecular weight excluding hydrogens is 402 g/mol. The molecule has 2 rings (SSSR count). The molecule has 0 bridgehead atoms. The Balaban J connectivity index is 1.81. The molecule has 1 aromatic heterocycles. The predicted molar refractivity (Wildman–Crippen MR) is 117 cm³/mol. The fourth-order valence-electron chi connectivity index (χ4n) is 2.76. The molecule has 1 heterocycles. The van der Waals surface area contributed by atoms with Crippen molar-refractivity contribution in [3.63, 3.8) is 0 Å². The second-order valence-electron chi connectivity index (χ2n) is 6.75. The third kappa shape index (κ3) is 6.98. The lowest BCUT2D eigenvalue weighted by molar-refractivity contribution is 0.414. The summed E-state index contributed by atoms with van der Waals surface area (Å²) in [4.78, 5) is 11.3. The Morgan fingerprint density at radius 3 is 2.52 bits per heavy atom. The number of rotatable bonds is 10.